The van der Waals surface area contributed by atoms with Crippen molar-refractivity contribution < 1.29 is 13.6 Å². The van der Waals surface area contributed by atoms with E-state index in [0.29, 0.717) is 16.9 Å². The number of benzene rings is 1. The SMILES string of the molecule is Cc1ccc(C(=O)N(C)C(C)c2ccco2)cc1F. The zero-order valence-corrected chi connectivity index (χ0v) is 11.2. The second-order valence-electron chi connectivity index (χ2n) is 4.57. The number of furan rings is 1. The van der Waals surface area contributed by atoms with E-state index in [-0.39, 0.29) is 17.8 Å². The highest BCUT2D eigenvalue weighted by molar-refractivity contribution is 5.94. The molecule has 1 atom stereocenters. The fourth-order valence-electron chi connectivity index (χ4n) is 1.83. The molecule has 19 heavy (non-hydrogen) atoms. The Balaban J connectivity index is 2.21. The molecule has 0 aliphatic carbocycles. The van der Waals surface area contributed by atoms with Crippen LogP contribution in [0.25, 0.3) is 0 Å². The summed E-state index contributed by atoms with van der Waals surface area (Å²) in [6, 6.07) is 7.88. The Kier molecular flexibility index (Phi) is 3.69. The molecular weight excluding hydrogens is 245 g/mol. The largest absolute Gasteiger partial charge is 0.467 e. The van der Waals surface area contributed by atoms with Crippen LogP contribution in [0.4, 0.5) is 4.39 Å². The van der Waals surface area contributed by atoms with Crippen LogP contribution >= 0.6 is 0 Å². The highest BCUT2D eigenvalue weighted by Gasteiger charge is 2.21. The van der Waals surface area contributed by atoms with Crippen molar-refractivity contribution in [3.8, 4) is 0 Å². The lowest BCUT2D eigenvalue weighted by molar-refractivity contribution is 0.0725. The molecule has 100 valence electrons. The van der Waals surface area contributed by atoms with Crippen molar-refractivity contribution in [1.82, 2.24) is 4.90 Å². The van der Waals surface area contributed by atoms with Crippen LogP contribution in [0, 0.1) is 12.7 Å². The molecule has 1 heterocycles. The number of carbonyl (C=O) groups is 1. The average molecular weight is 261 g/mol. The quantitative estimate of drug-likeness (QED) is 0.846. The number of hydrogen-bond acceptors (Lipinski definition) is 2. The summed E-state index contributed by atoms with van der Waals surface area (Å²) >= 11 is 0. The molecule has 0 aliphatic heterocycles. The van der Waals surface area contributed by atoms with Crippen molar-refractivity contribution in [1.29, 1.82) is 0 Å². The monoisotopic (exact) mass is 261 g/mol. The van der Waals surface area contributed by atoms with E-state index in [2.05, 4.69) is 0 Å². The minimum atomic E-state index is -0.370. The van der Waals surface area contributed by atoms with Gasteiger partial charge in [0.15, 0.2) is 0 Å². The van der Waals surface area contributed by atoms with Gasteiger partial charge in [-0.05, 0) is 43.7 Å². The van der Waals surface area contributed by atoms with E-state index in [4.69, 9.17) is 4.42 Å². The Morgan fingerprint density at radius 1 is 1.37 bits per heavy atom. The Morgan fingerprint density at radius 2 is 2.11 bits per heavy atom. The van der Waals surface area contributed by atoms with Crippen LogP contribution in [0.2, 0.25) is 0 Å². The van der Waals surface area contributed by atoms with Crippen molar-refractivity contribution in [3.63, 3.8) is 0 Å². The lowest BCUT2D eigenvalue weighted by atomic mass is 10.1. The molecule has 2 rings (SSSR count). The Labute approximate surface area is 111 Å². The molecule has 3 nitrogen and oxygen atoms in total. The topological polar surface area (TPSA) is 33.5 Å². The number of amides is 1. The summed E-state index contributed by atoms with van der Waals surface area (Å²) in [4.78, 5) is 13.8. The van der Waals surface area contributed by atoms with Crippen LogP contribution in [0.3, 0.4) is 0 Å². The van der Waals surface area contributed by atoms with Crippen LogP contribution < -0.4 is 0 Å². The molecule has 1 aromatic carbocycles. The van der Waals surface area contributed by atoms with Crippen LogP contribution in [0.15, 0.2) is 41.0 Å². The highest BCUT2D eigenvalue weighted by atomic mass is 19.1. The van der Waals surface area contributed by atoms with Gasteiger partial charge in [-0.1, -0.05) is 6.07 Å². The average Bonchev–Trinajstić information content (AvgIpc) is 2.93. The molecule has 0 N–H and O–H groups in total. The summed E-state index contributed by atoms with van der Waals surface area (Å²) in [5, 5.41) is 0. The second kappa shape index (κ2) is 5.26. The van der Waals surface area contributed by atoms with Crippen molar-refractivity contribution in [2.75, 3.05) is 7.05 Å². The van der Waals surface area contributed by atoms with E-state index in [1.807, 2.05) is 13.0 Å². The van der Waals surface area contributed by atoms with Gasteiger partial charge in [-0.25, -0.2) is 4.39 Å². The van der Waals surface area contributed by atoms with Crippen LogP contribution in [0.5, 0.6) is 0 Å². The standard InChI is InChI=1S/C15H16FNO2/c1-10-6-7-12(9-13(10)16)15(18)17(3)11(2)14-5-4-8-19-14/h4-9,11H,1-3H3. The van der Waals surface area contributed by atoms with Gasteiger partial charge in [0.25, 0.3) is 5.91 Å². The molecule has 0 radical (unpaired) electrons. The number of nitrogens with zero attached hydrogens (tertiary/aromatic N) is 1. The Morgan fingerprint density at radius 3 is 2.68 bits per heavy atom. The molecule has 0 aliphatic rings. The molecule has 0 spiro atoms. The predicted molar refractivity (Wildman–Crippen MR) is 70.4 cm³/mol. The lowest BCUT2D eigenvalue weighted by Crippen LogP contribution is -2.29. The third kappa shape index (κ3) is 2.67. The summed E-state index contributed by atoms with van der Waals surface area (Å²) in [6.07, 6.45) is 1.57. The smallest absolute Gasteiger partial charge is 0.254 e. The number of hydrogen-bond donors (Lipinski definition) is 0. The normalized spacial score (nSPS) is 12.2. The van der Waals surface area contributed by atoms with Gasteiger partial charge < -0.3 is 9.32 Å². The minimum Gasteiger partial charge on any atom is -0.467 e. The van der Waals surface area contributed by atoms with Gasteiger partial charge >= 0.3 is 0 Å². The fraction of sp³-hybridized carbons (Fsp3) is 0.267. The Bertz CT molecular complexity index is 578. The highest BCUT2D eigenvalue weighted by Crippen LogP contribution is 2.21. The van der Waals surface area contributed by atoms with Crippen LogP contribution in [0.1, 0.15) is 34.6 Å². The number of carbonyl (C=O) groups excluding carboxylic acids is 1. The molecular formula is C15H16FNO2. The molecule has 0 bridgehead atoms. The first-order chi connectivity index (χ1) is 9.00. The van der Waals surface area contributed by atoms with Crippen LogP contribution in [-0.4, -0.2) is 17.9 Å². The number of rotatable bonds is 3. The third-order valence-corrected chi connectivity index (χ3v) is 3.28. The van der Waals surface area contributed by atoms with Crippen molar-refractivity contribution in [2.45, 2.75) is 19.9 Å². The van der Waals surface area contributed by atoms with Gasteiger partial charge in [-0.3, -0.25) is 4.79 Å². The fourth-order valence-corrected chi connectivity index (χ4v) is 1.83. The summed E-state index contributed by atoms with van der Waals surface area (Å²) in [6.45, 7) is 3.53. The molecule has 4 heteroatoms. The van der Waals surface area contributed by atoms with E-state index in [9.17, 15) is 9.18 Å². The summed E-state index contributed by atoms with van der Waals surface area (Å²) in [5.41, 5.74) is 0.863. The predicted octanol–water partition coefficient (Wildman–Crippen LogP) is 3.56. The van der Waals surface area contributed by atoms with E-state index >= 15 is 0 Å². The maximum atomic E-state index is 13.5. The zero-order valence-electron chi connectivity index (χ0n) is 11.2. The first kappa shape index (κ1) is 13.3. The minimum absolute atomic E-state index is 0.202. The summed E-state index contributed by atoms with van der Waals surface area (Å²) < 4.78 is 18.8. The van der Waals surface area contributed by atoms with Gasteiger partial charge in [0.05, 0.1) is 12.3 Å². The second-order valence-corrected chi connectivity index (χ2v) is 4.57. The van der Waals surface area contributed by atoms with Crippen molar-refractivity contribution in [3.05, 3.63) is 59.3 Å². The van der Waals surface area contributed by atoms with E-state index in [1.165, 1.54) is 11.0 Å². The molecule has 1 aromatic heterocycles. The maximum absolute atomic E-state index is 13.5. The van der Waals surface area contributed by atoms with E-state index in [0.717, 1.165) is 0 Å². The van der Waals surface area contributed by atoms with Crippen LogP contribution in [-0.2, 0) is 0 Å². The first-order valence-corrected chi connectivity index (χ1v) is 6.07. The van der Waals surface area contributed by atoms with E-state index in [1.54, 1.807) is 38.4 Å². The molecule has 0 fully saturated rings. The summed E-state index contributed by atoms with van der Waals surface area (Å²) in [5.74, 6) is 0.0936. The zero-order chi connectivity index (χ0) is 14.0. The van der Waals surface area contributed by atoms with Gasteiger partial charge in [-0.2, -0.15) is 0 Å². The third-order valence-electron chi connectivity index (χ3n) is 3.28. The van der Waals surface area contributed by atoms with E-state index < -0.39 is 0 Å². The Hall–Kier alpha value is -2.10. The maximum Gasteiger partial charge on any atom is 0.254 e. The number of aryl methyl sites for hydroxylation is 1. The molecule has 1 unspecified atom stereocenters. The van der Waals surface area contributed by atoms with Gasteiger partial charge in [-0.15, -0.1) is 0 Å². The first-order valence-electron chi connectivity index (χ1n) is 6.07. The van der Waals surface area contributed by atoms with Gasteiger partial charge in [0.2, 0.25) is 0 Å². The summed E-state index contributed by atoms with van der Waals surface area (Å²) in [7, 11) is 1.67. The molecule has 0 saturated heterocycles. The van der Waals surface area contributed by atoms with Gasteiger partial charge in [0, 0.05) is 12.6 Å². The van der Waals surface area contributed by atoms with Crippen molar-refractivity contribution in [2.24, 2.45) is 0 Å². The lowest BCUT2D eigenvalue weighted by Gasteiger charge is -2.23. The van der Waals surface area contributed by atoms with Crippen molar-refractivity contribution >= 4 is 5.91 Å². The molecule has 2 aromatic rings. The number of halogens is 1. The molecule has 1 amide bonds. The van der Waals surface area contributed by atoms with Gasteiger partial charge in [0.1, 0.15) is 11.6 Å². The molecule has 0 saturated carbocycles.